The predicted molar refractivity (Wildman–Crippen MR) is 135 cm³/mol. The summed E-state index contributed by atoms with van der Waals surface area (Å²) in [5.74, 6) is 0.292. The van der Waals surface area contributed by atoms with Gasteiger partial charge in [0, 0.05) is 50.6 Å². The van der Waals surface area contributed by atoms with E-state index in [-0.39, 0.29) is 18.2 Å². The molecular weight excluding hydrogens is 493 g/mol. The number of nitrogens with zero attached hydrogens (tertiary/aromatic N) is 3. The molecule has 0 bridgehead atoms. The van der Waals surface area contributed by atoms with Crippen LogP contribution in [0.2, 0.25) is 10.0 Å². The van der Waals surface area contributed by atoms with Crippen molar-refractivity contribution in [1.82, 2.24) is 15.1 Å². The van der Waals surface area contributed by atoms with Gasteiger partial charge in [-0.15, -0.1) is 0 Å². The number of anilines is 2. The summed E-state index contributed by atoms with van der Waals surface area (Å²) in [6, 6.07) is 11.2. The highest BCUT2D eigenvalue weighted by Crippen LogP contribution is 2.26. The summed E-state index contributed by atoms with van der Waals surface area (Å²) >= 11 is 12.0. The third-order valence-corrected chi connectivity index (χ3v) is 6.94. The Hall–Kier alpha value is -3.17. The monoisotopic (exact) mass is 519 g/mol. The van der Waals surface area contributed by atoms with E-state index in [2.05, 4.69) is 15.5 Å². The van der Waals surface area contributed by atoms with Crippen LogP contribution in [0.3, 0.4) is 0 Å². The van der Waals surface area contributed by atoms with Crippen molar-refractivity contribution in [1.29, 1.82) is 0 Å². The highest BCUT2D eigenvalue weighted by Gasteiger charge is 2.36. The van der Waals surface area contributed by atoms with E-state index in [1.165, 1.54) is 11.0 Å². The van der Waals surface area contributed by atoms with Crippen LogP contribution in [0, 0.1) is 0 Å². The Morgan fingerprint density at radius 1 is 1.03 bits per heavy atom. The first-order chi connectivity index (χ1) is 16.9. The predicted octanol–water partition coefficient (Wildman–Crippen LogP) is 3.07. The number of carbonyl (C=O) groups is 3. The molecule has 0 spiro atoms. The summed E-state index contributed by atoms with van der Waals surface area (Å²) < 4.78 is 5.21. The number of benzene rings is 2. The van der Waals surface area contributed by atoms with Gasteiger partial charge in [0.2, 0.25) is 11.8 Å². The van der Waals surface area contributed by atoms with Crippen molar-refractivity contribution in [2.75, 3.05) is 56.6 Å². The molecule has 2 N–H and O–H groups in total. The number of urea groups is 1. The molecule has 9 nitrogen and oxygen atoms in total. The van der Waals surface area contributed by atoms with E-state index in [0.717, 1.165) is 11.4 Å². The third kappa shape index (κ3) is 5.91. The zero-order chi connectivity index (χ0) is 24.9. The van der Waals surface area contributed by atoms with Gasteiger partial charge in [0.15, 0.2) is 0 Å². The molecule has 2 aliphatic heterocycles. The number of rotatable bonds is 5. The number of piperazine rings is 2. The highest BCUT2D eigenvalue weighted by atomic mass is 35.5. The van der Waals surface area contributed by atoms with Crippen molar-refractivity contribution in [2.45, 2.75) is 12.5 Å². The van der Waals surface area contributed by atoms with Crippen LogP contribution in [0.4, 0.5) is 16.2 Å². The molecule has 2 aromatic rings. The Bertz CT molecular complexity index is 1090. The first kappa shape index (κ1) is 24.9. The number of methoxy groups -OCH3 is 1. The fourth-order valence-electron chi connectivity index (χ4n) is 4.23. The minimum Gasteiger partial charge on any atom is -0.497 e. The average molecular weight is 520 g/mol. The summed E-state index contributed by atoms with van der Waals surface area (Å²) in [6.45, 7) is 3.04. The van der Waals surface area contributed by atoms with Crippen molar-refractivity contribution < 1.29 is 19.1 Å². The smallest absolute Gasteiger partial charge is 0.322 e. The molecule has 2 heterocycles. The van der Waals surface area contributed by atoms with Crippen LogP contribution in [-0.4, -0.2) is 80.1 Å². The molecular formula is C24H27Cl2N5O4. The topological polar surface area (TPSA) is 94.2 Å². The Morgan fingerprint density at radius 3 is 2.40 bits per heavy atom. The molecule has 2 aromatic carbocycles. The first-order valence-electron chi connectivity index (χ1n) is 11.3. The van der Waals surface area contributed by atoms with Gasteiger partial charge in [0.1, 0.15) is 11.8 Å². The van der Waals surface area contributed by atoms with E-state index >= 15 is 0 Å². The Morgan fingerprint density at radius 2 is 1.74 bits per heavy atom. The third-order valence-electron chi connectivity index (χ3n) is 6.20. The molecule has 11 heteroatoms. The molecule has 4 rings (SSSR count). The molecule has 1 atom stereocenters. The minimum atomic E-state index is -0.890. The Kier molecular flexibility index (Phi) is 7.87. The van der Waals surface area contributed by atoms with E-state index in [1.54, 1.807) is 24.1 Å². The Balaban J connectivity index is 1.36. The van der Waals surface area contributed by atoms with Gasteiger partial charge >= 0.3 is 6.03 Å². The molecule has 2 saturated heterocycles. The Labute approximate surface area is 213 Å². The number of carbonyl (C=O) groups excluding carboxylic acids is 3. The lowest BCUT2D eigenvalue weighted by Crippen LogP contribution is -2.60. The molecule has 0 saturated carbocycles. The second-order valence-electron chi connectivity index (χ2n) is 8.33. The number of hydrogen-bond donors (Lipinski definition) is 2. The quantitative estimate of drug-likeness (QED) is 0.632. The van der Waals surface area contributed by atoms with E-state index in [9.17, 15) is 14.4 Å². The van der Waals surface area contributed by atoms with Crippen LogP contribution in [0.15, 0.2) is 42.5 Å². The molecule has 0 aromatic heterocycles. The zero-order valence-corrected chi connectivity index (χ0v) is 20.8. The lowest BCUT2D eigenvalue weighted by Gasteiger charge is -2.38. The summed E-state index contributed by atoms with van der Waals surface area (Å²) in [5, 5.41) is 6.17. The van der Waals surface area contributed by atoms with E-state index in [4.69, 9.17) is 27.9 Å². The summed E-state index contributed by atoms with van der Waals surface area (Å²) in [4.78, 5) is 44.0. The van der Waals surface area contributed by atoms with Gasteiger partial charge < -0.3 is 30.1 Å². The van der Waals surface area contributed by atoms with Crippen LogP contribution in [-0.2, 0) is 9.59 Å². The second kappa shape index (κ2) is 11.0. The molecule has 4 amide bonds. The van der Waals surface area contributed by atoms with E-state index in [1.807, 2.05) is 24.3 Å². The van der Waals surface area contributed by atoms with Gasteiger partial charge in [0.05, 0.1) is 23.6 Å². The van der Waals surface area contributed by atoms with Gasteiger partial charge in [-0.3, -0.25) is 9.59 Å². The maximum atomic E-state index is 13.1. The normalized spacial score (nSPS) is 18.2. The molecule has 186 valence electrons. The summed E-state index contributed by atoms with van der Waals surface area (Å²) in [6.07, 6.45) is -0.0802. The van der Waals surface area contributed by atoms with Gasteiger partial charge in [-0.25, -0.2) is 4.79 Å². The first-order valence-corrected chi connectivity index (χ1v) is 12.1. The largest absolute Gasteiger partial charge is 0.497 e. The van der Waals surface area contributed by atoms with Crippen LogP contribution < -0.4 is 20.3 Å². The average Bonchev–Trinajstić information content (AvgIpc) is 2.87. The van der Waals surface area contributed by atoms with Crippen molar-refractivity contribution in [3.63, 3.8) is 0 Å². The zero-order valence-electron chi connectivity index (χ0n) is 19.3. The van der Waals surface area contributed by atoms with Gasteiger partial charge in [-0.1, -0.05) is 23.2 Å². The van der Waals surface area contributed by atoms with Crippen LogP contribution in [0.5, 0.6) is 5.75 Å². The van der Waals surface area contributed by atoms with Crippen molar-refractivity contribution in [3.8, 4) is 5.75 Å². The van der Waals surface area contributed by atoms with E-state index in [0.29, 0.717) is 55.0 Å². The van der Waals surface area contributed by atoms with Crippen molar-refractivity contribution >= 4 is 52.4 Å². The summed E-state index contributed by atoms with van der Waals surface area (Å²) in [5.41, 5.74) is 1.52. The molecule has 0 unspecified atom stereocenters. The number of halogens is 2. The highest BCUT2D eigenvalue weighted by molar-refractivity contribution is 6.42. The summed E-state index contributed by atoms with van der Waals surface area (Å²) in [7, 11) is 1.63. The fraction of sp³-hybridized carbons (Fsp3) is 0.375. The van der Waals surface area contributed by atoms with E-state index < -0.39 is 12.1 Å². The van der Waals surface area contributed by atoms with Gasteiger partial charge in [0.25, 0.3) is 0 Å². The number of amides is 4. The maximum absolute atomic E-state index is 13.1. The lowest BCUT2D eigenvalue weighted by molar-refractivity contribution is -0.137. The standard InChI is InChI=1S/C24H27Cl2N5O4/c1-35-18-5-3-17(4-6-18)29-10-12-30(13-11-29)22(32)15-21-23(33)27-8-9-31(21)24(34)28-16-2-7-19(25)20(26)14-16/h2-7,14,21H,8-13,15H2,1H3,(H,27,33)(H,28,34)/t21-/m0/s1. The molecule has 35 heavy (non-hydrogen) atoms. The van der Waals surface area contributed by atoms with Crippen LogP contribution >= 0.6 is 23.2 Å². The van der Waals surface area contributed by atoms with Crippen molar-refractivity contribution in [3.05, 3.63) is 52.5 Å². The maximum Gasteiger partial charge on any atom is 0.322 e. The minimum absolute atomic E-state index is 0.0802. The van der Waals surface area contributed by atoms with Crippen molar-refractivity contribution in [2.24, 2.45) is 0 Å². The van der Waals surface area contributed by atoms with Gasteiger partial charge in [-0.2, -0.15) is 0 Å². The molecule has 2 aliphatic rings. The lowest BCUT2D eigenvalue weighted by atomic mass is 10.1. The molecule has 0 aliphatic carbocycles. The number of hydrogen-bond acceptors (Lipinski definition) is 5. The van der Waals surface area contributed by atoms with Crippen LogP contribution in [0.1, 0.15) is 6.42 Å². The van der Waals surface area contributed by atoms with Crippen LogP contribution in [0.25, 0.3) is 0 Å². The second-order valence-corrected chi connectivity index (χ2v) is 9.14. The van der Waals surface area contributed by atoms with Gasteiger partial charge in [-0.05, 0) is 42.5 Å². The fourth-order valence-corrected chi connectivity index (χ4v) is 4.53. The number of nitrogens with one attached hydrogen (secondary N) is 2. The molecule has 2 fully saturated rings. The number of ether oxygens (including phenoxy) is 1. The SMILES string of the molecule is COc1ccc(N2CCN(C(=O)C[C@H]3C(=O)NCCN3C(=O)Nc3ccc(Cl)c(Cl)c3)CC2)cc1. The molecule has 0 radical (unpaired) electrons.